The summed E-state index contributed by atoms with van der Waals surface area (Å²) >= 11 is 0. The van der Waals surface area contributed by atoms with Gasteiger partial charge in [-0.3, -0.25) is 4.79 Å². The molecule has 0 heterocycles. The predicted molar refractivity (Wildman–Crippen MR) is 70.9 cm³/mol. The molecule has 0 aliphatic heterocycles. The molecule has 2 heteroatoms. The van der Waals surface area contributed by atoms with Gasteiger partial charge >= 0.3 is 5.97 Å². The van der Waals surface area contributed by atoms with E-state index in [1.165, 1.54) is 44.9 Å². The van der Waals surface area contributed by atoms with Gasteiger partial charge in [-0.15, -0.1) is 0 Å². The second-order valence-electron chi connectivity index (χ2n) is 6.28. The number of ether oxygens (including phenoxy) is 1. The minimum atomic E-state index is -0.341. The van der Waals surface area contributed by atoms with Crippen LogP contribution in [-0.4, -0.2) is 11.6 Å². The Morgan fingerprint density at radius 3 is 1.71 bits per heavy atom. The van der Waals surface area contributed by atoms with Gasteiger partial charge in [0.2, 0.25) is 0 Å². The maximum atomic E-state index is 12.1. The molecule has 1 saturated carbocycles. The minimum Gasteiger partial charge on any atom is -0.460 e. The van der Waals surface area contributed by atoms with Crippen molar-refractivity contribution in [3.05, 3.63) is 0 Å². The fraction of sp³-hybridized carbons (Fsp3) is 0.933. The molecule has 1 aliphatic carbocycles. The van der Waals surface area contributed by atoms with E-state index in [4.69, 9.17) is 4.74 Å². The Bertz CT molecular complexity index is 218. The third-order valence-electron chi connectivity index (χ3n) is 3.35. The van der Waals surface area contributed by atoms with Gasteiger partial charge in [-0.05, 0) is 33.6 Å². The molecule has 0 unspecified atom stereocenters. The van der Waals surface area contributed by atoms with Crippen LogP contribution in [0.5, 0.6) is 0 Å². The number of rotatable bonds is 1. The predicted octanol–water partition coefficient (Wildman–Crippen LogP) is 4.47. The van der Waals surface area contributed by atoms with Gasteiger partial charge < -0.3 is 4.74 Å². The lowest BCUT2D eigenvalue weighted by molar-refractivity contribution is -0.160. The molecular formula is C15H28O2. The second-order valence-corrected chi connectivity index (χ2v) is 6.28. The van der Waals surface area contributed by atoms with E-state index in [1.54, 1.807) is 0 Å². The van der Waals surface area contributed by atoms with Crippen molar-refractivity contribution in [1.82, 2.24) is 0 Å². The molecule has 2 nitrogen and oxygen atoms in total. The van der Waals surface area contributed by atoms with E-state index in [9.17, 15) is 4.79 Å². The molecule has 0 N–H and O–H groups in total. The molecular weight excluding hydrogens is 212 g/mol. The highest BCUT2D eigenvalue weighted by molar-refractivity contribution is 5.72. The van der Waals surface area contributed by atoms with Crippen LogP contribution in [0.2, 0.25) is 0 Å². The fourth-order valence-corrected chi connectivity index (χ4v) is 2.43. The van der Waals surface area contributed by atoms with Gasteiger partial charge in [-0.1, -0.05) is 44.9 Å². The van der Waals surface area contributed by atoms with E-state index in [-0.39, 0.29) is 17.5 Å². The molecule has 0 aromatic carbocycles. The van der Waals surface area contributed by atoms with Crippen molar-refractivity contribution in [2.45, 2.75) is 84.2 Å². The summed E-state index contributed by atoms with van der Waals surface area (Å²) in [4.78, 5) is 12.1. The molecule has 0 amide bonds. The first-order valence-electron chi connectivity index (χ1n) is 7.22. The molecule has 0 atom stereocenters. The molecule has 17 heavy (non-hydrogen) atoms. The van der Waals surface area contributed by atoms with Crippen LogP contribution in [0.1, 0.15) is 78.6 Å². The van der Waals surface area contributed by atoms with Crippen LogP contribution in [0.3, 0.4) is 0 Å². The standard InChI is InChI=1S/C15H28O2/c1-15(2,3)17-14(16)13-11-9-7-5-4-6-8-10-12-13/h13H,4-12H2,1-3H3. The van der Waals surface area contributed by atoms with Gasteiger partial charge in [0, 0.05) is 0 Å². The number of hydrogen-bond acceptors (Lipinski definition) is 2. The number of carbonyl (C=O) groups is 1. The lowest BCUT2D eigenvalue weighted by Crippen LogP contribution is -2.29. The summed E-state index contributed by atoms with van der Waals surface area (Å²) in [5, 5.41) is 0. The normalized spacial score (nSPS) is 20.9. The van der Waals surface area contributed by atoms with Gasteiger partial charge in [0.1, 0.15) is 5.60 Å². The summed E-state index contributed by atoms with van der Waals surface area (Å²) in [6, 6.07) is 0. The molecule has 0 aromatic rings. The third kappa shape index (κ3) is 6.70. The van der Waals surface area contributed by atoms with Crippen LogP contribution in [-0.2, 0) is 9.53 Å². The van der Waals surface area contributed by atoms with Crippen molar-refractivity contribution in [1.29, 1.82) is 0 Å². The van der Waals surface area contributed by atoms with Gasteiger partial charge in [0.15, 0.2) is 0 Å². The average molecular weight is 240 g/mol. The van der Waals surface area contributed by atoms with Crippen molar-refractivity contribution >= 4 is 5.97 Å². The quantitative estimate of drug-likeness (QED) is 0.632. The lowest BCUT2D eigenvalue weighted by atomic mass is 9.92. The van der Waals surface area contributed by atoms with Gasteiger partial charge in [-0.2, -0.15) is 0 Å². The zero-order valence-corrected chi connectivity index (χ0v) is 11.8. The second kappa shape index (κ2) is 7.03. The van der Waals surface area contributed by atoms with E-state index in [0.717, 1.165) is 12.8 Å². The summed E-state index contributed by atoms with van der Waals surface area (Å²) in [5.74, 6) is 0.172. The largest absolute Gasteiger partial charge is 0.460 e. The number of hydrogen-bond donors (Lipinski definition) is 0. The van der Waals surface area contributed by atoms with Gasteiger partial charge in [-0.25, -0.2) is 0 Å². The maximum absolute atomic E-state index is 12.1. The fourth-order valence-electron chi connectivity index (χ4n) is 2.43. The first kappa shape index (κ1) is 14.5. The Hall–Kier alpha value is -0.530. The molecule has 0 bridgehead atoms. The summed E-state index contributed by atoms with van der Waals surface area (Å²) in [7, 11) is 0. The molecule has 1 aliphatic rings. The Balaban J connectivity index is 2.43. The Morgan fingerprint density at radius 1 is 0.882 bits per heavy atom. The first-order valence-corrected chi connectivity index (χ1v) is 7.22. The van der Waals surface area contributed by atoms with Crippen LogP contribution in [0.4, 0.5) is 0 Å². The molecule has 1 fully saturated rings. The van der Waals surface area contributed by atoms with Crippen molar-refractivity contribution in [3.8, 4) is 0 Å². The van der Waals surface area contributed by atoms with Crippen LogP contribution >= 0.6 is 0 Å². The monoisotopic (exact) mass is 240 g/mol. The van der Waals surface area contributed by atoms with Crippen LogP contribution < -0.4 is 0 Å². The van der Waals surface area contributed by atoms with E-state index >= 15 is 0 Å². The smallest absolute Gasteiger partial charge is 0.309 e. The Kier molecular flexibility index (Phi) is 6.01. The summed E-state index contributed by atoms with van der Waals surface area (Å²) in [6.45, 7) is 5.85. The van der Waals surface area contributed by atoms with Crippen LogP contribution in [0.15, 0.2) is 0 Å². The van der Waals surface area contributed by atoms with Gasteiger partial charge in [0.25, 0.3) is 0 Å². The lowest BCUT2D eigenvalue weighted by Gasteiger charge is -2.24. The van der Waals surface area contributed by atoms with Gasteiger partial charge in [0.05, 0.1) is 5.92 Å². The van der Waals surface area contributed by atoms with E-state index in [0.29, 0.717) is 0 Å². The number of esters is 1. The Labute approximate surface area is 106 Å². The summed E-state index contributed by atoms with van der Waals surface area (Å²) < 4.78 is 5.51. The van der Waals surface area contributed by atoms with E-state index in [1.807, 2.05) is 20.8 Å². The molecule has 0 radical (unpaired) electrons. The van der Waals surface area contributed by atoms with Crippen LogP contribution in [0.25, 0.3) is 0 Å². The van der Waals surface area contributed by atoms with Crippen molar-refractivity contribution < 1.29 is 9.53 Å². The number of carbonyl (C=O) groups excluding carboxylic acids is 1. The van der Waals surface area contributed by atoms with Crippen LogP contribution in [0, 0.1) is 5.92 Å². The molecule has 1 rings (SSSR count). The van der Waals surface area contributed by atoms with Crippen molar-refractivity contribution in [3.63, 3.8) is 0 Å². The maximum Gasteiger partial charge on any atom is 0.309 e. The Morgan fingerprint density at radius 2 is 1.29 bits per heavy atom. The molecule has 0 spiro atoms. The van der Waals surface area contributed by atoms with E-state index < -0.39 is 0 Å². The van der Waals surface area contributed by atoms with Crippen molar-refractivity contribution in [2.75, 3.05) is 0 Å². The molecule has 100 valence electrons. The first-order chi connectivity index (χ1) is 7.99. The zero-order chi connectivity index (χ0) is 12.7. The minimum absolute atomic E-state index is 0.0260. The average Bonchev–Trinajstić information content (AvgIpc) is 2.23. The van der Waals surface area contributed by atoms with Crippen molar-refractivity contribution in [2.24, 2.45) is 5.92 Å². The highest BCUT2D eigenvalue weighted by Gasteiger charge is 2.24. The zero-order valence-electron chi connectivity index (χ0n) is 11.8. The molecule has 0 saturated heterocycles. The molecule has 0 aromatic heterocycles. The SMILES string of the molecule is CC(C)(C)OC(=O)C1CCCCCCCCC1. The van der Waals surface area contributed by atoms with E-state index in [2.05, 4.69) is 0 Å². The highest BCUT2D eigenvalue weighted by atomic mass is 16.6. The summed E-state index contributed by atoms with van der Waals surface area (Å²) in [5.41, 5.74) is -0.341. The highest BCUT2D eigenvalue weighted by Crippen LogP contribution is 2.24. The third-order valence-corrected chi connectivity index (χ3v) is 3.35. The summed E-state index contributed by atoms with van der Waals surface area (Å²) in [6.07, 6.45) is 11.0. The topological polar surface area (TPSA) is 26.3 Å².